The van der Waals surface area contributed by atoms with Gasteiger partial charge in [0.2, 0.25) is 0 Å². The van der Waals surface area contributed by atoms with Gasteiger partial charge in [0.25, 0.3) is 0 Å². The summed E-state index contributed by atoms with van der Waals surface area (Å²) in [4.78, 5) is 1.01. The van der Waals surface area contributed by atoms with Crippen molar-refractivity contribution in [2.45, 2.75) is 23.9 Å². The molecule has 0 aromatic heterocycles. The van der Waals surface area contributed by atoms with E-state index < -0.39 is 5.67 Å². The average molecular weight is 212 g/mol. The first-order chi connectivity index (χ1) is 6.63. The summed E-state index contributed by atoms with van der Waals surface area (Å²) in [6.07, 6.45) is 0.594. The quantitative estimate of drug-likeness (QED) is 0.705. The monoisotopic (exact) mass is 212 g/mol. The van der Waals surface area contributed by atoms with Gasteiger partial charge in [0.15, 0.2) is 0 Å². The van der Waals surface area contributed by atoms with Gasteiger partial charge in [0.05, 0.1) is 7.11 Å². The molecule has 1 aromatic carbocycles. The lowest BCUT2D eigenvalue weighted by molar-refractivity contribution is 0.180. The molecule has 1 heterocycles. The van der Waals surface area contributed by atoms with Crippen LogP contribution in [-0.4, -0.2) is 12.9 Å². The second-order valence-electron chi connectivity index (χ2n) is 3.66. The first-order valence-corrected chi connectivity index (χ1v) is 5.62. The van der Waals surface area contributed by atoms with Crippen LogP contribution < -0.4 is 4.74 Å². The zero-order chi connectivity index (χ0) is 10.2. The molecule has 1 aromatic rings. The molecule has 0 N–H and O–H groups in total. The first-order valence-electron chi connectivity index (χ1n) is 4.64. The maximum atomic E-state index is 14.0. The largest absolute Gasteiger partial charge is 0.497 e. The zero-order valence-corrected chi connectivity index (χ0v) is 9.16. The van der Waals surface area contributed by atoms with Gasteiger partial charge in [-0.1, -0.05) is 6.07 Å². The number of ether oxygens (including phenoxy) is 1. The summed E-state index contributed by atoms with van der Waals surface area (Å²) in [5.74, 6) is 1.64. The average Bonchev–Trinajstić information content (AvgIpc) is 2.16. The minimum atomic E-state index is -1.17. The number of hydrogen-bond donors (Lipinski definition) is 0. The molecule has 1 aliphatic heterocycles. The highest BCUT2D eigenvalue weighted by Gasteiger charge is 2.32. The number of alkyl halides is 1. The highest BCUT2D eigenvalue weighted by atomic mass is 32.2. The number of fused-ring (bicyclic) bond motifs is 1. The van der Waals surface area contributed by atoms with Crippen LogP contribution >= 0.6 is 11.8 Å². The molecular weight excluding hydrogens is 199 g/mol. The summed E-state index contributed by atoms with van der Waals surface area (Å²) in [6, 6.07) is 5.57. The third kappa shape index (κ3) is 1.61. The van der Waals surface area contributed by atoms with E-state index in [2.05, 4.69) is 0 Å². The van der Waals surface area contributed by atoms with Crippen molar-refractivity contribution in [3.8, 4) is 5.75 Å². The fraction of sp³-hybridized carbons (Fsp3) is 0.455. The molecule has 0 aliphatic carbocycles. The predicted octanol–water partition coefficient (Wildman–Crippen LogP) is 3.38. The van der Waals surface area contributed by atoms with Crippen LogP contribution in [0.15, 0.2) is 23.1 Å². The lowest BCUT2D eigenvalue weighted by atomic mass is 9.94. The normalized spacial score (nSPS) is 25.6. The molecule has 0 amide bonds. The number of rotatable bonds is 1. The summed E-state index contributed by atoms with van der Waals surface area (Å²) in [7, 11) is 1.63. The van der Waals surface area contributed by atoms with Crippen LogP contribution in [0.2, 0.25) is 0 Å². The molecule has 1 atom stereocenters. The molecule has 76 valence electrons. The van der Waals surface area contributed by atoms with Crippen molar-refractivity contribution in [3.63, 3.8) is 0 Å². The Bertz CT molecular complexity index is 349. The maximum Gasteiger partial charge on any atom is 0.135 e. The molecule has 0 radical (unpaired) electrons. The molecule has 3 heteroatoms. The van der Waals surface area contributed by atoms with E-state index >= 15 is 0 Å². The second-order valence-corrected chi connectivity index (χ2v) is 4.79. The number of benzene rings is 1. The molecule has 0 saturated heterocycles. The Balaban J connectivity index is 2.46. The van der Waals surface area contributed by atoms with Crippen LogP contribution in [0.25, 0.3) is 0 Å². The SMILES string of the molecule is COc1ccc2c(c1)SCCC2(C)F. The van der Waals surface area contributed by atoms with Crippen LogP contribution in [0, 0.1) is 0 Å². The van der Waals surface area contributed by atoms with E-state index in [0.29, 0.717) is 6.42 Å². The van der Waals surface area contributed by atoms with Gasteiger partial charge in [-0.25, -0.2) is 4.39 Å². The molecule has 14 heavy (non-hydrogen) atoms. The molecule has 1 nitrogen and oxygen atoms in total. The maximum absolute atomic E-state index is 14.0. The summed E-state index contributed by atoms with van der Waals surface area (Å²) in [5, 5.41) is 0. The predicted molar refractivity (Wildman–Crippen MR) is 56.8 cm³/mol. The lowest BCUT2D eigenvalue weighted by Crippen LogP contribution is -2.20. The van der Waals surface area contributed by atoms with Gasteiger partial charge in [0, 0.05) is 16.2 Å². The van der Waals surface area contributed by atoms with Crippen LogP contribution in [0.5, 0.6) is 5.75 Å². The topological polar surface area (TPSA) is 9.23 Å². The van der Waals surface area contributed by atoms with Gasteiger partial charge in [-0.15, -0.1) is 11.8 Å². The molecule has 2 rings (SSSR count). The van der Waals surface area contributed by atoms with E-state index in [1.54, 1.807) is 25.8 Å². The van der Waals surface area contributed by atoms with Gasteiger partial charge < -0.3 is 4.74 Å². The lowest BCUT2D eigenvalue weighted by Gasteiger charge is -2.28. The Hall–Kier alpha value is -0.700. The zero-order valence-electron chi connectivity index (χ0n) is 8.34. The van der Waals surface area contributed by atoms with Crippen LogP contribution in [0.3, 0.4) is 0 Å². The number of halogens is 1. The highest BCUT2D eigenvalue weighted by molar-refractivity contribution is 7.99. The van der Waals surface area contributed by atoms with Crippen LogP contribution in [0.4, 0.5) is 4.39 Å². The minimum Gasteiger partial charge on any atom is -0.497 e. The van der Waals surface area contributed by atoms with Gasteiger partial charge >= 0.3 is 0 Å². The minimum absolute atomic E-state index is 0.594. The third-order valence-corrected chi connectivity index (χ3v) is 3.64. The number of methoxy groups -OCH3 is 1. The van der Waals surface area contributed by atoms with Gasteiger partial charge in [-0.05, 0) is 25.5 Å². The summed E-state index contributed by atoms with van der Waals surface area (Å²) in [5.41, 5.74) is -0.373. The summed E-state index contributed by atoms with van der Waals surface area (Å²) >= 11 is 1.70. The fourth-order valence-electron chi connectivity index (χ4n) is 1.67. The molecular formula is C11H13FOS. The van der Waals surface area contributed by atoms with Crippen LogP contribution in [-0.2, 0) is 5.67 Å². The molecule has 0 saturated carbocycles. The van der Waals surface area contributed by atoms with Crippen molar-refractivity contribution in [3.05, 3.63) is 23.8 Å². The van der Waals surface area contributed by atoms with Crippen molar-refractivity contribution in [2.24, 2.45) is 0 Å². The van der Waals surface area contributed by atoms with Gasteiger partial charge in [-0.2, -0.15) is 0 Å². The van der Waals surface area contributed by atoms with Crippen LogP contribution in [0.1, 0.15) is 18.9 Å². The molecule has 1 unspecified atom stereocenters. The Morgan fingerprint density at radius 1 is 1.50 bits per heavy atom. The molecule has 1 aliphatic rings. The van der Waals surface area contributed by atoms with E-state index in [-0.39, 0.29) is 0 Å². The van der Waals surface area contributed by atoms with Gasteiger partial charge in [-0.3, -0.25) is 0 Å². The number of hydrogen-bond acceptors (Lipinski definition) is 2. The molecule has 0 fully saturated rings. The third-order valence-electron chi connectivity index (χ3n) is 2.58. The Kier molecular flexibility index (Phi) is 2.43. The standard InChI is InChI=1S/C11H13FOS/c1-11(12)5-6-14-10-7-8(13-2)3-4-9(10)11/h3-4,7H,5-6H2,1-2H3. The Morgan fingerprint density at radius 2 is 2.29 bits per heavy atom. The fourth-order valence-corrected chi connectivity index (χ4v) is 3.01. The number of thioether (sulfide) groups is 1. The Morgan fingerprint density at radius 3 is 3.00 bits per heavy atom. The van der Waals surface area contributed by atoms with Crippen molar-refractivity contribution < 1.29 is 9.13 Å². The van der Waals surface area contributed by atoms with Crippen molar-refractivity contribution in [1.29, 1.82) is 0 Å². The molecule has 0 spiro atoms. The first kappa shape index (κ1) is 9.84. The second kappa shape index (κ2) is 3.46. The van der Waals surface area contributed by atoms with Crippen molar-refractivity contribution in [2.75, 3.05) is 12.9 Å². The smallest absolute Gasteiger partial charge is 0.135 e. The van der Waals surface area contributed by atoms with Crippen molar-refractivity contribution >= 4 is 11.8 Å². The van der Waals surface area contributed by atoms with E-state index in [4.69, 9.17) is 4.74 Å². The van der Waals surface area contributed by atoms with Crippen molar-refractivity contribution in [1.82, 2.24) is 0 Å². The van der Waals surface area contributed by atoms with Gasteiger partial charge in [0.1, 0.15) is 11.4 Å². The van der Waals surface area contributed by atoms with E-state index in [1.165, 1.54) is 0 Å². The van der Waals surface area contributed by atoms with E-state index in [1.807, 2.05) is 18.2 Å². The van der Waals surface area contributed by atoms with E-state index in [0.717, 1.165) is 22.0 Å². The molecule has 0 bridgehead atoms. The summed E-state index contributed by atoms with van der Waals surface area (Å²) in [6.45, 7) is 1.65. The Labute approximate surface area is 87.7 Å². The summed E-state index contributed by atoms with van der Waals surface area (Å²) < 4.78 is 19.2. The van der Waals surface area contributed by atoms with E-state index in [9.17, 15) is 4.39 Å². The highest BCUT2D eigenvalue weighted by Crippen LogP contribution is 2.43.